The lowest BCUT2D eigenvalue weighted by atomic mass is 10.2. The van der Waals surface area contributed by atoms with Gasteiger partial charge in [-0.3, -0.25) is 0 Å². The first-order chi connectivity index (χ1) is 10.8. The fourth-order valence-corrected chi connectivity index (χ4v) is 2.55. The molecule has 0 spiro atoms. The van der Waals surface area contributed by atoms with E-state index in [-0.39, 0.29) is 5.89 Å². The van der Waals surface area contributed by atoms with Crippen molar-refractivity contribution in [2.75, 3.05) is 0 Å². The minimum Gasteiger partial charge on any atom is -0.411 e. The van der Waals surface area contributed by atoms with Crippen LogP contribution < -0.4 is 0 Å². The van der Waals surface area contributed by atoms with Gasteiger partial charge < -0.3 is 4.42 Å². The largest absolute Gasteiger partial charge is 0.411 e. The number of benzene rings is 2. The molecule has 0 fully saturated rings. The van der Waals surface area contributed by atoms with Gasteiger partial charge in [0, 0.05) is 5.75 Å². The predicted molar refractivity (Wildman–Crippen MR) is 80.4 cm³/mol. The summed E-state index contributed by atoms with van der Waals surface area (Å²) < 4.78 is 19.1. The third kappa shape index (κ3) is 3.15. The zero-order valence-corrected chi connectivity index (χ0v) is 12.2. The van der Waals surface area contributed by atoms with Crippen LogP contribution in [0.3, 0.4) is 0 Å². The lowest BCUT2D eigenvalue weighted by Gasteiger charge is -1.98. The van der Waals surface area contributed by atoms with E-state index in [4.69, 9.17) is 9.68 Å². The Morgan fingerprint density at radius 3 is 2.59 bits per heavy atom. The Morgan fingerprint density at radius 1 is 1.09 bits per heavy atom. The lowest BCUT2D eigenvalue weighted by molar-refractivity contribution is 0.463. The molecular formula is C16H10FN3OS. The molecule has 108 valence electrons. The second-order valence-corrected chi connectivity index (χ2v) is 5.38. The molecule has 0 aliphatic carbocycles. The molecule has 6 heteroatoms. The first-order valence-corrected chi connectivity index (χ1v) is 7.45. The molecule has 0 saturated heterocycles. The van der Waals surface area contributed by atoms with Crippen molar-refractivity contribution in [1.82, 2.24) is 10.2 Å². The van der Waals surface area contributed by atoms with Gasteiger partial charge in [-0.05, 0) is 29.8 Å². The fourth-order valence-electron chi connectivity index (χ4n) is 1.83. The smallest absolute Gasteiger partial charge is 0.277 e. The summed E-state index contributed by atoms with van der Waals surface area (Å²) in [5, 5.41) is 16.9. The van der Waals surface area contributed by atoms with Gasteiger partial charge in [0.05, 0.1) is 17.2 Å². The number of thioether (sulfide) groups is 1. The molecule has 0 aliphatic heterocycles. The standard InChI is InChI=1S/C16H10FN3OS/c17-14-4-2-1-3-13(14)15-19-20-16(21-15)22-10-12-7-5-11(9-18)6-8-12/h1-8H,10H2. The molecule has 2 aromatic carbocycles. The van der Waals surface area contributed by atoms with Crippen LogP contribution >= 0.6 is 11.8 Å². The first-order valence-electron chi connectivity index (χ1n) is 6.46. The van der Waals surface area contributed by atoms with E-state index in [9.17, 15) is 4.39 Å². The summed E-state index contributed by atoms with van der Waals surface area (Å²) in [6.45, 7) is 0. The number of rotatable bonds is 4. The Balaban J connectivity index is 1.69. The van der Waals surface area contributed by atoms with E-state index in [0.29, 0.717) is 22.1 Å². The zero-order chi connectivity index (χ0) is 15.4. The number of hydrogen-bond donors (Lipinski definition) is 0. The molecule has 1 aromatic heterocycles. The highest BCUT2D eigenvalue weighted by Crippen LogP contribution is 2.27. The van der Waals surface area contributed by atoms with Gasteiger partial charge in [-0.1, -0.05) is 36.0 Å². The average Bonchev–Trinajstić information content (AvgIpc) is 3.02. The molecule has 22 heavy (non-hydrogen) atoms. The molecular weight excluding hydrogens is 301 g/mol. The topological polar surface area (TPSA) is 62.7 Å². The van der Waals surface area contributed by atoms with Crippen molar-refractivity contribution in [2.24, 2.45) is 0 Å². The lowest BCUT2D eigenvalue weighted by Crippen LogP contribution is -1.82. The number of hydrogen-bond acceptors (Lipinski definition) is 5. The highest BCUT2D eigenvalue weighted by molar-refractivity contribution is 7.98. The summed E-state index contributed by atoms with van der Waals surface area (Å²) in [6, 6.07) is 15.6. The van der Waals surface area contributed by atoms with E-state index in [1.807, 2.05) is 12.1 Å². The molecule has 3 aromatic rings. The van der Waals surface area contributed by atoms with Crippen LogP contribution in [0.25, 0.3) is 11.5 Å². The van der Waals surface area contributed by atoms with Crippen LogP contribution in [0.15, 0.2) is 58.2 Å². The molecule has 0 amide bonds. The maximum atomic E-state index is 13.6. The maximum absolute atomic E-state index is 13.6. The molecule has 0 bridgehead atoms. The van der Waals surface area contributed by atoms with Crippen LogP contribution in [-0.4, -0.2) is 10.2 Å². The highest BCUT2D eigenvalue weighted by atomic mass is 32.2. The number of aromatic nitrogens is 2. The van der Waals surface area contributed by atoms with Gasteiger partial charge in [0.25, 0.3) is 11.1 Å². The SMILES string of the molecule is N#Cc1ccc(CSc2nnc(-c3ccccc3F)o2)cc1. The Labute approximate surface area is 130 Å². The fraction of sp³-hybridized carbons (Fsp3) is 0.0625. The zero-order valence-electron chi connectivity index (χ0n) is 11.4. The van der Waals surface area contributed by atoms with Crippen molar-refractivity contribution in [3.63, 3.8) is 0 Å². The van der Waals surface area contributed by atoms with Crippen LogP contribution in [0.4, 0.5) is 4.39 Å². The molecule has 0 radical (unpaired) electrons. The van der Waals surface area contributed by atoms with E-state index in [1.165, 1.54) is 17.8 Å². The van der Waals surface area contributed by atoms with Crippen LogP contribution in [-0.2, 0) is 5.75 Å². The molecule has 0 unspecified atom stereocenters. The molecule has 0 aliphatic rings. The number of nitriles is 1. The Kier molecular flexibility index (Phi) is 4.17. The summed E-state index contributed by atoms with van der Waals surface area (Å²) >= 11 is 1.36. The van der Waals surface area contributed by atoms with Crippen molar-refractivity contribution in [3.8, 4) is 17.5 Å². The summed E-state index contributed by atoms with van der Waals surface area (Å²) in [5.41, 5.74) is 1.95. The quantitative estimate of drug-likeness (QED) is 0.680. The average molecular weight is 311 g/mol. The Morgan fingerprint density at radius 2 is 1.86 bits per heavy atom. The first kappa shape index (κ1) is 14.3. The maximum Gasteiger partial charge on any atom is 0.277 e. The Hall–Kier alpha value is -2.65. The van der Waals surface area contributed by atoms with Crippen molar-refractivity contribution in [3.05, 3.63) is 65.5 Å². The summed E-state index contributed by atoms with van der Waals surface area (Å²) in [6.07, 6.45) is 0. The van der Waals surface area contributed by atoms with Crippen LogP contribution in [0.1, 0.15) is 11.1 Å². The van der Waals surface area contributed by atoms with E-state index in [1.54, 1.807) is 30.3 Å². The van der Waals surface area contributed by atoms with Gasteiger partial charge in [0.1, 0.15) is 5.82 Å². The van der Waals surface area contributed by atoms with E-state index >= 15 is 0 Å². The van der Waals surface area contributed by atoms with Gasteiger partial charge >= 0.3 is 0 Å². The van der Waals surface area contributed by atoms with Crippen LogP contribution in [0.2, 0.25) is 0 Å². The number of nitrogens with zero attached hydrogens (tertiary/aromatic N) is 3. The van der Waals surface area contributed by atoms with Crippen molar-refractivity contribution < 1.29 is 8.81 Å². The third-order valence-electron chi connectivity index (χ3n) is 2.96. The Bertz CT molecular complexity index is 824. The van der Waals surface area contributed by atoms with Gasteiger partial charge in [-0.15, -0.1) is 10.2 Å². The van der Waals surface area contributed by atoms with Crippen molar-refractivity contribution >= 4 is 11.8 Å². The van der Waals surface area contributed by atoms with Crippen molar-refractivity contribution in [1.29, 1.82) is 5.26 Å². The minimum absolute atomic E-state index is 0.167. The normalized spacial score (nSPS) is 10.4. The molecule has 3 rings (SSSR count). The molecule has 0 saturated carbocycles. The highest BCUT2D eigenvalue weighted by Gasteiger charge is 2.12. The second kappa shape index (κ2) is 6.41. The van der Waals surface area contributed by atoms with Gasteiger partial charge in [-0.25, -0.2) is 4.39 Å². The second-order valence-electron chi connectivity index (χ2n) is 4.45. The molecule has 0 N–H and O–H groups in total. The van der Waals surface area contributed by atoms with Crippen LogP contribution in [0.5, 0.6) is 0 Å². The monoisotopic (exact) mass is 311 g/mol. The molecule has 1 heterocycles. The van der Waals surface area contributed by atoms with Gasteiger partial charge in [-0.2, -0.15) is 5.26 Å². The summed E-state index contributed by atoms with van der Waals surface area (Å²) in [4.78, 5) is 0. The summed E-state index contributed by atoms with van der Waals surface area (Å²) in [5.74, 6) is 0.403. The van der Waals surface area contributed by atoms with Crippen molar-refractivity contribution in [2.45, 2.75) is 11.0 Å². The molecule has 0 atom stereocenters. The summed E-state index contributed by atoms with van der Waals surface area (Å²) in [7, 11) is 0. The van der Waals surface area contributed by atoms with E-state index in [2.05, 4.69) is 16.3 Å². The van der Waals surface area contributed by atoms with E-state index < -0.39 is 5.82 Å². The predicted octanol–water partition coefficient (Wildman–Crippen LogP) is 4.04. The van der Waals surface area contributed by atoms with Crippen LogP contribution in [0, 0.1) is 17.1 Å². The van der Waals surface area contributed by atoms with Gasteiger partial charge in [0.15, 0.2) is 0 Å². The molecule has 4 nitrogen and oxygen atoms in total. The third-order valence-corrected chi connectivity index (χ3v) is 3.85. The minimum atomic E-state index is -0.394. The van der Waals surface area contributed by atoms with E-state index in [0.717, 1.165) is 5.56 Å². The van der Waals surface area contributed by atoms with Gasteiger partial charge in [0.2, 0.25) is 0 Å². The number of halogens is 1.